The average Bonchev–Trinajstić information content (AvgIpc) is 3.41. The Hall–Kier alpha value is -5.08. The van der Waals surface area contributed by atoms with Crippen molar-refractivity contribution in [1.82, 2.24) is 10.3 Å². The number of nitrogens with zero attached hydrogens (tertiary/aromatic N) is 2. The van der Waals surface area contributed by atoms with Crippen LogP contribution in [0.3, 0.4) is 0 Å². The Morgan fingerprint density at radius 3 is 2.37 bits per heavy atom. The van der Waals surface area contributed by atoms with Crippen LogP contribution in [0.15, 0.2) is 102 Å². The molecule has 3 heterocycles. The molecule has 3 N–H and O–H groups in total. The van der Waals surface area contributed by atoms with Crippen molar-refractivity contribution in [2.45, 2.75) is 55.6 Å². The minimum absolute atomic E-state index is 0.0267. The number of carbonyl (C=O) groups is 4. The summed E-state index contributed by atoms with van der Waals surface area (Å²) >= 11 is 1.28. The molecule has 3 amide bonds. The molecule has 2 aliphatic rings. The van der Waals surface area contributed by atoms with Crippen molar-refractivity contribution >= 4 is 41.3 Å². The van der Waals surface area contributed by atoms with Crippen LogP contribution in [0.25, 0.3) is 0 Å². The number of aliphatic hydroxyl groups excluding tert-OH is 1. The summed E-state index contributed by atoms with van der Waals surface area (Å²) in [6, 6.07) is 25.2. The number of alkyl carbamates (subject to hydrolysis) is 1. The summed E-state index contributed by atoms with van der Waals surface area (Å²) in [4.78, 5) is 55.4. The molecule has 4 atom stereocenters. The van der Waals surface area contributed by atoms with E-state index in [4.69, 9.17) is 14.2 Å². The van der Waals surface area contributed by atoms with Gasteiger partial charge in [0.2, 0.25) is 5.91 Å². The number of carbonyl (C=O) groups excluding carboxylic acids is 3. The number of anilines is 1. The van der Waals surface area contributed by atoms with Crippen molar-refractivity contribution in [2.75, 3.05) is 10.7 Å². The van der Waals surface area contributed by atoms with Crippen LogP contribution in [0.5, 0.6) is 0 Å². The zero-order chi connectivity index (χ0) is 34.3. The summed E-state index contributed by atoms with van der Waals surface area (Å²) in [5.41, 5.74) is 3.51. The molecule has 3 aromatic carbocycles. The summed E-state index contributed by atoms with van der Waals surface area (Å²) in [6.07, 6.45) is -0.535. The van der Waals surface area contributed by atoms with Gasteiger partial charge in [0.05, 0.1) is 36.5 Å². The molecule has 6 rings (SSSR count). The maximum atomic E-state index is 13.2. The van der Waals surface area contributed by atoms with E-state index in [1.807, 2.05) is 42.5 Å². The Kier molecular flexibility index (Phi) is 10.6. The first-order valence-electron chi connectivity index (χ1n) is 15.5. The van der Waals surface area contributed by atoms with Crippen molar-refractivity contribution in [2.24, 2.45) is 0 Å². The molecule has 49 heavy (non-hydrogen) atoms. The SMILES string of the molecule is O=C(NC1CC(=O)N(c2ccc([C@@H]3O[C@H](CSc4ncccc4C(=O)O)C[C@H](c4ccc(CO)cc4)O3)cc2)C1=O)OCc1ccccc1. The highest BCUT2D eigenvalue weighted by atomic mass is 32.2. The molecule has 2 saturated heterocycles. The molecule has 1 aromatic heterocycles. The van der Waals surface area contributed by atoms with Gasteiger partial charge in [-0.1, -0.05) is 66.7 Å². The van der Waals surface area contributed by atoms with E-state index in [0.717, 1.165) is 21.6 Å². The zero-order valence-corrected chi connectivity index (χ0v) is 27.0. The lowest BCUT2D eigenvalue weighted by atomic mass is 10.0. The van der Waals surface area contributed by atoms with E-state index >= 15 is 0 Å². The topological polar surface area (TPSA) is 165 Å². The predicted octanol–water partition coefficient (Wildman–Crippen LogP) is 5.17. The van der Waals surface area contributed by atoms with Gasteiger partial charge in [0, 0.05) is 23.9 Å². The molecule has 2 fully saturated rings. The Labute approximate surface area is 286 Å². The molecule has 0 radical (unpaired) electrons. The minimum atomic E-state index is -1.07. The van der Waals surface area contributed by atoms with Crippen molar-refractivity contribution in [3.05, 3.63) is 125 Å². The lowest BCUT2D eigenvalue weighted by Crippen LogP contribution is -2.42. The molecule has 2 aliphatic heterocycles. The number of pyridine rings is 1. The number of amides is 3. The number of hydrogen-bond acceptors (Lipinski definition) is 10. The van der Waals surface area contributed by atoms with Crippen LogP contribution < -0.4 is 10.2 Å². The fourth-order valence-electron chi connectivity index (χ4n) is 5.57. The fraction of sp³-hybridized carbons (Fsp3) is 0.250. The van der Waals surface area contributed by atoms with Crippen LogP contribution in [0.1, 0.15) is 57.8 Å². The van der Waals surface area contributed by atoms with E-state index in [1.165, 1.54) is 17.8 Å². The summed E-state index contributed by atoms with van der Waals surface area (Å²) in [5.74, 6) is -1.70. The Morgan fingerprint density at radius 1 is 0.918 bits per heavy atom. The van der Waals surface area contributed by atoms with Crippen molar-refractivity contribution in [3.8, 4) is 0 Å². The van der Waals surface area contributed by atoms with Gasteiger partial charge >= 0.3 is 12.1 Å². The minimum Gasteiger partial charge on any atom is -0.478 e. The molecule has 0 bridgehead atoms. The molecule has 13 heteroatoms. The maximum absolute atomic E-state index is 13.2. The normalized spacial score (nSPS) is 20.6. The molecule has 0 saturated carbocycles. The Bertz CT molecular complexity index is 1800. The van der Waals surface area contributed by atoms with E-state index in [0.29, 0.717) is 28.5 Å². The van der Waals surface area contributed by atoms with Gasteiger partial charge in [0.1, 0.15) is 17.7 Å². The quantitative estimate of drug-likeness (QED) is 0.141. The van der Waals surface area contributed by atoms with Crippen LogP contribution in [0.2, 0.25) is 0 Å². The van der Waals surface area contributed by atoms with Crippen molar-refractivity contribution in [3.63, 3.8) is 0 Å². The summed E-state index contributed by atoms with van der Waals surface area (Å²) in [5, 5.41) is 21.9. The Balaban J connectivity index is 1.14. The van der Waals surface area contributed by atoms with Gasteiger partial charge in [0.25, 0.3) is 5.91 Å². The summed E-state index contributed by atoms with van der Waals surface area (Å²) in [6.45, 7) is -0.0603. The number of benzene rings is 3. The highest BCUT2D eigenvalue weighted by Gasteiger charge is 2.41. The number of imide groups is 1. The number of carboxylic acid groups (broad SMARTS) is 1. The number of aliphatic hydroxyl groups is 1. The van der Waals surface area contributed by atoms with E-state index in [2.05, 4.69) is 10.3 Å². The Morgan fingerprint density at radius 2 is 1.65 bits per heavy atom. The van der Waals surface area contributed by atoms with Crippen LogP contribution in [0.4, 0.5) is 10.5 Å². The smallest absolute Gasteiger partial charge is 0.408 e. The molecule has 252 valence electrons. The number of aromatic carboxylic acids is 1. The zero-order valence-electron chi connectivity index (χ0n) is 26.1. The van der Waals surface area contributed by atoms with Gasteiger partial charge in [-0.15, -0.1) is 11.8 Å². The lowest BCUT2D eigenvalue weighted by molar-refractivity contribution is -0.245. The van der Waals surface area contributed by atoms with Crippen LogP contribution in [-0.2, 0) is 37.0 Å². The van der Waals surface area contributed by atoms with Gasteiger partial charge in [-0.25, -0.2) is 19.5 Å². The molecule has 0 spiro atoms. The number of rotatable bonds is 11. The maximum Gasteiger partial charge on any atom is 0.408 e. The van der Waals surface area contributed by atoms with E-state index < -0.39 is 36.2 Å². The van der Waals surface area contributed by atoms with Gasteiger partial charge < -0.3 is 29.7 Å². The third kappa shape index (κ3) is 8.15. The number of ether oxygens (including phenoxy) is 3. The van der Waals surface area contributed by atoms with E-state index in [-0.39, 0.29) is 37.4 Å². The van der Waals surface area contributed by atoms with Crippen molar-refractivity contribution < 1.29 is 43.6 Å². The first-order chi connectivity index (χ1) is 23.8. The molecule has 1 unspecified atom stereocenters. The highest BCUT2D eigenvalue weighted by Crippen LogP contribution is 2.40. The summed E-state index contributed by atoms with van der Waals surface area (Å²) < 4.78 is 17.9. The molecule has 4 aromatic rings. The first-order valence-corrected chi connectivity index (χ1v) is 16.5. The largest absolute Gasteiger partial charge is 0.478 e. The van der Waals surface area contributed by atoms with Gasteiger partial charge in [0.15, 0.2) is 6.29 Å². The van der Waals surface area contributed by atoms with Crippen molar-refractivity contribution in [1.29, 1.82) is 0 Å². The molecule has 0 aliphatic carbocycles. The molecule has 12 nitrogen and oxygen atoms in total. The third-order valence-electron chi connectivity index (χ3n) is 8.10. The monoisotopic (exact) mass is 683 g/mol. The van der Waals surface area contributed by atoms with Gasteiger partial charge in [-0.2, -0.15) is 0 Å². The highest BCUT2D eigenvalue weighted by molar-refractivity contribution is 7.99. The first kappa shape index (κ1) is 33.8. The van der Waals surface area contributed by atoms with Gasteiger partial charge in [-0.05, 0) is 41.0 Å². The number of hydrogen-bond donors (Lipinski definition) is 3. The van der Waals surface area contributed by atoms with Crippen LogP contribution in [0, 0.1) is 0 Å². The average molecular weight is 684 g/mol. The predicted molar refractivity (Wildman–Crippen MR) is 177 cm³/mol. The van der Waals surface area contributed by atoms with E-state index in [9.17, 15) is 29.4 Å². The second-order valence-electron chi connectivity index (χ2n) is 11.4. The molecular weight excluding hydrogens is 650 g/mol. The lowest BCUT2D eigenvalue weighted by Gasteiger charge is -2.36. The number of nitrogens with one attached hydrogen (secondary N) is 1. The number of thioether (sulfide) groups is 1. The van der Waals surface area contributed by atoms with Crippen LogP contribution >= 0.6 is 11.8 Å². The van der Waals surface area contributed by atoms with Gasteiger partial charge in [-0.3, -0.25) is 9.59 Å². The number of carboxylic acids is 1. The standard InChI is InChI=1S/C36H33N3O9S/c40-19-22-8-10-24(11-9-22)30-17-27(21-49-32-28(34(43)44)7-4-16-37-32)47-35(48-30)25-12-14-26(15-13-25)39-31(41)18-29(33(39)42)38-36(45)46-20-23-5-2-1-3-6-23/h1-16,27,29-30,35,40H,17-21H2,(H,38,45)(H,43,44)/t27-,29?,30+,35+/m0/s1. The van der Waals surface area contributed by atoms with Crippen LogP contribution in [-0.4, -0.2) is 57.0 Å². The second-order valence-corrected chi connectivity index (χ2v) is 12.5. The second kappa shape index (κ2) is 15.4. The van der Waals surface area contributed by atoms with E-state index in [1.54, 1.807) is 48.7 Å². The third-order valence-corrected chi connectivity index (χ3v) is 9.23. The molecular formula is C36H33N3O9S. The number of aromatic nitrogens is 1. The summed E-state index contributed by atoms with van der Waals surface area (Å²) in [7, 11) is 0. The fourth-order valence-corrected chi connectivity index (χ4v) is 6.57.